The Hall–Kier alpha value is -5.20. The molecule has 2 aromatic heterocycles. The van der Waals surface area contributed by atoms with Crippen LogP contribution in [0.3, 0.4) is 0 Å². The van der Waals surface area contributed by atoms with Gasteiger partial charge in [-0.25, -0.2) is 0 Å². The van der Waals surface area contributed by atoms with Crippen molar-refractivity contribution in [2.24, 2.45) is 0 Å². The lowest BCUT2D eigenvalue weighted by Gasteiger charge is -2.27. The molecule has 5 heterocycles. The molecule has 2 aromatic carbocycles. The highest BCUT2D eigenvalue weighted by Crippen LogP contribution is 2.39. The predicted octanol–water partition coefficient (Wildman–Crippen LogP) is 3.68. The number of carbonyl (C=O) groups is 4. The van der Waals surface area contributed by atoms with E-state index in [9.17, 15) is 19.2 Å². The second-order valence-electron chi connectivity index (χ2n) is 12.2. The largest absolute Gasteiger partial charge is 0.490 e. The van der Waals surface area contributed by atoms with Crippen LogP contribution in [0.5, 0.6) is 5.75 Å². The first kappa shape index (κ1) is 34.3. The van der Waals surface area contributed by atoms with Gasteiger partial charge in [-0.3, -0.25) is 34.0 Å². The Bertz CT molecular complexity index is 2060. The molecule has 1 saturated heterocycles. The average molecular weight is 710 g/mol. The number of imide groups is 2. The lowest BCUT2D eigenvalue weighted by Crippen LogP contribution is -2.54. The molecule has 1 unspecified atom stereocenters. The Balaban J connectivity index is 0.914. The van der Waals surface area contributed by atoms with Crippen molar-refractivity contribution in [2.45, 2.75) is 51.9 Å². The molecular weight excluding hydrogens is 675 g/mol. The van der Waals surface area contributed by atoms with Crippen LogP contribution in [0.1, 0.15) is 79.8 Å². The van der Waals surface area contributed by atoms with Crippen LogP contribution in [0.15, 0.2) is 48.5 Å². The van der Waals surface area contributed by atoms with Gasteiger partial charge in [0.2, 0.25) is 11.8 Å². The summed E-state index contributed by atoms with van der Waals surface area (Å²) in [5.74, 6) is 5.99. The molecule has 1 N–H and O–H groups in total. The summed E-state index contributed by atoms with van der Waals surface area (Å²) >= 11 is 1.61. The highest BCUT2D eigenvalue weighted by atomic mass is 32.1. The third kappa shape index (κ3) is 6.93. The van der Waals surface area contributed by atoms with Crippen LogP contribution in [0.4, 0.5) is 0 Å². The molecule has 0 radical (unpaired) electrons. The van der Waals surface area contributed by atoms with Crippen LogP contribution in [0.25, 0.3) is 5.00 Å². The number of nitrogens with zero attached hydrogens (tertiary/aromatic N) is 4. The van der Waals surface area contributed by atoms with Gasteiger partial charge >= 0.3 is 0 Å². The number of benzene rings is 2. The number of aromatic nitrogens is 3. The minimum absolute atomic E-state index is 0.0492. The first-order valence-electron chi connectivity index (χ1n) is 16.7. The summed E-state index contributed by atoms with van der Waals surface area (Å²) in [6.45, 7) is 5.56. The molecule has 0 saturated carbocycles. The Kier molecular flexibility index (Phi) is 10.0. The van der Waals surface area contributed by atoms with E-state index in [1.807, 2.05) is 32.0 Å². The standard InChI is InChI=1S/C37H35N5O8S/c1-22-33-40-39-23(2)41(33)37-27(21-50-22)26(20-24-8-4-3-5-9-24)30(51-37)12-7-15-47-16-17-48-18-19-49-29-11-6-10-25-32(29)36(46)42(35(25)45)28-13-14-31(43)38-34(28)44/h3-6,8-11,22,28H,13-21H2,1-2H3,(H,38,43,44)/t22-,28?/m0/s1. The van der Waals surface area contributed by atoms with E-state index >= 15 is 0 Å². The molecule has 0 spiro atoms. The SMILES string of the molecule is Cc1nnc2n1-c1sc(C#CCOCCOCCOc3cccc4c3C(=O)N(C3CCC(=O)NC3=O)C4=O)c(Cc3ccccc3)c1CO[C@H]2C. The van der Waals surface area contributed by atoms with E-state index < -0.39 is 29.7 Å². The number of amides is 4. The number of hydrogen-bond donors (Lipinski definition) is 1. The van der Waals surface area contributed by atoms with Gasteiger partial charge in [-0.1, -0.05) is 48.2 Å². The van der Waals surface area contributed by atoms with Gasteiger partial charge in [-0.2, -0.15) is 0 Å². The van der Waals surface area contributed by atoms with Crippen molar-refractivity contribution in [1.82, 2.24) is 25.0 Å². The number of hydrogen-bond acceptors (Lipinski definition) is 11. The number of carbonyl (C=O) groups excluding carboxylic acids is 4. The first-order valence-corrected chi connectivity index (χ1v) is 17.5. The van der Waals surface area contributed by atoms with Crippen LogP contribution in [0, 0.1) is 18.8 Å². The number of aryl methyl sites for hydroxylation is 1. The zero-order valence-corrected chi connectivity index (χ0v) is 28.9. The molecule has 14 heteroatoms. The maximum absolute atomic E-state index is 13.2. The van der Waals surface area contributed by atoms with Crippen LogP contribution in [-0.4, -0.2) is 82.4 Å². The first-order chi connectivity index (χ1) is 24.8. The zero-order valence-electron chi connectivity index (χ0n) is 28.1. The third-order valence-electron chi connectivity index (χ3n) is 8.88. The summed E-state index contributed by atoms with van der Waals surface area (Å²) in [5, 5.41) is 11.9. The van der Waals surface area contributed by atoms with E-state index in [0.29, 0.717) is 19.8 Å². The number of ether oxygens (including phenoxy) is 4. The highest BCUT2D eigenvalue weighted by Gasteiger charge is 2.46. The minimum Gasteiger partial charge on any atom is -0.490 e. The Labute approximate surface area is 297 Å². The number of thiophene rings is 1. The maximum atomic E-state index is 13.2. The molecular formula is C37H35N5O8S. The van der Waals surface area contributed by atoms with Crippen molar-refractivity contribution in [3.8, 4) is 22.6 Å². The average Bonchev–Trinajstić information content (AvgIpc) is 3.72. The molecule has 2 atom stereocenters. The third-order valence-corrected chi connectivity index (χ3v) is 10.1. The monoisotopic (exact) mass is 709 g/mol. The molecule has 3 aliphatic rings. The highest BCUT2D eigenvalue weighted by molar-refractivity contribution is 7.15. The number of piperidine rings is 1. The molecule has 51 heavy (non-hydrogen) atoms. The van der Waals surface area contributed by atoms with Gasteiger partial charge in [0.05, 0.1) is 42.4 Å². The van der Waals surface area contributed by atoms with Gasteiger partial charge in [0.25, 0.3) is 11.8 Å². The molecule has 0 bridgehead atoms. The molecule has 7 rings (SSSR count). The van der Waals surface area contributed by atoms with Crippen molar-refractivity contribution in [1.29, 1.82) is 0 Å². The fourth-order valence-electron chi connectivity index (χ4n) is 6.35. The van der Waals surface area contributed by atoms with Gasteiger partial charge in [-0.05, 0) is 49.9 Å². The van der Waals surface area contributed by atoms with Crippen molar-refractivity contribution in [3.63, 3.8) is 0 Å². The number of fused-ring (bicyclic) bond motifs is 4. The van der Waals surface area contributed by atoms with Crippen molar-refractivity contribution < 1.29 is 38.1 Å². The lowest BCUT2D eigenvalue weighted by atomic mass is 10.0. The molecule has 262 valence electrons. The minimum atomic E-state index is -1.04. The van der Waals surface area contributed by atoms with Gasteiger partial charge in [0.1, 0.15) is 41.9 Å². The summed E-state index contributed by atoms with van der Waals surface area (Å²) in [4.78, 5) is 52.0. The lowest BCUT2D eigenvalue weighted by molar-refractivity contribution is -0.136. The predicted molar refractivity (Wildman–Crippen MR) is 184 cm³/mol. The van der Waals surface area contributed by atoms with E-state index in [2.05, 4.69) is 44.1 Å². The van der Waals surface area contributed by atoms with Crippen molar-refractivity contribution in [2.75, 3.05) is 33.0 Å². The van der Waals surface area contributed by atoms with E-state index in [-0.39, 0.29) is 55.6 Å². The fourth-order valence-corrected chi connectivity index (χ4v) is 7.61. The topological polar surface area (TPSA) is 151 Å². The van der Waals surface area contributed by atoms with Crippen LogP contribution in [-0.2, 0) is 36.8 Å². The summed E-state index contributed by atoms with van der Waals surface area (Å²) in [7, 11) is 0. The molecule has 13 nitrogen and oxygen atoms in total. The fraction of sp³-hybridized carbons (Fsp3) is 0.351. The molecule has 4 aromatic rings. The smallest absolute Gasteiger partial charge is 0.266 e. The summed E-state index contributed by atoms with van der Waals surface area (Å²) in [6, 6.07) is 14.0. The van der Waals surface area contributed by atoms with Gasteiger partial charge in [0, 0.05) is 12.0 Å². The quantitative estimate of drug-likeness (QED) is 0.139. The van der Waals surface area contributed by atoms with Crippen molar-refractivity contribution >= 4 is 35.0 Å². The zero-order chi connectivity index (χ0) is 35.5. The van der Waals surface area contributed by atoms with E-state index in [4.69, 9.17) is 18.9 Å². The maximum Gasteiger partial charge on any atom is 0.266 e. The normalized spacial score (nSPS) is 18.0. The van der Waals surface area contributed by atoms with E-state index in [0.717, 1.165) is 44.0 Å². The summed E-state index contributed by atoms with van der Waals surface area (Å²) in [6.07, 6.45) is 0.668. The Morgan fingerprint density at radius 1 is 0.980 bits per heavy atom. The molecule has 4 amide bonds. The van der Waals surface area contributed by atoms with Gasteiger partial charge < -0.3 is 18.9 Å². The number of rotatable bonds is 11. The second kappa shape index (κ2) is 15.0. The summed E-state index contributed by atoms with van der Waals surface area (Å²) < 4.78 is 25.4. The molecule has 0 aliphatic carbocycles. The second-order valence-corrected chi connectivity index (χ2v) is 13.2. The van der Waals surface area contributed by atoms with Crippen LogP contribution < -0.4 is 10.1 Å². The Morgan fingerprint density at radius 3 is 2.61 bits per heavy atom. The van der Waals surface area contributed by atoms with Gasteiger partial charge in [0.15, 0.2) is 5.82 Å². The molecule has 3 aliphatic heterocycles. The molecule has 1 fully saturated rings. The summed E-state index contributed by atoms with van der Waals surface area (Å²) in [5.41, 5.74) is 3.67. The van der Waals surface area contributed by atoms with Crippen LogP contribution in [0.2, 0.25) is 0 Å². The van der Waals surface area contributed by atoms with Gasteiger partial charge in [-0.15, -0.1) is 21.5 Å². The Morgan fingerprint density at radius 2 is 1.78 bits per heavy atom. The number of nitrogens with one attached hydrogen (secondary N) is 1. The van der Waals surface area contributed by atoms with Crippen LogP contribution >= 0.6 is 11.3 Å². The van der Waals surface area contributed by atoms with E-state index in [1.54, 1.807) is 23.5 Å². The van der Waals surface area contributed by atoms with E-state index in [1.165, 1.54) is 11.6 Å². The van der Waals surface area contributed by atoms with Crippen molar-refractivity contribution in [3.05, 3.63) is 92.9 Å².